The Morgan fingerprint density at radius 3 is 2.50 bits per heavy atom. The van der Waals surface area contributed by atoms with Gasteiger partial charge in [0, 0.05) is 13.1 Å². The van der Waals surface area contributed by atoms with E-state index in [-0.39, 0.29) is 24.5 Å². The summed E-state index contributed by atoms with van der Waals surface area (Å²) < 4.78 is 5.31. The van der Waals surface area contributed by atoms with E-state index in [1.807, 2.05) is 0 Å². The number of carboxylic acids is 1. The van der Waals surface area contributed by atoms with Crippen LogP contribution in [0.1, 0.15) is 16.8 Å². The summed E-state index contributed by atoms with van der Waals surface area (Å²) in [6.45, 7) is 1.10. The SMILES string of the molecule is NCCNC(=O)CCOc1ccc(C(=O)O)cc1. The number of nitrogens with two attached hydrogens (primary N) is 1. The van der Waals surface area contributed by atoms with Gasteiger partial charge in [-0.15, -0.1) is 0 Å². The Morgan fingerprint density at radius 2 is 1.94 bits per heavy atom. The molecule has 0 radical (unpaired) electrons. The standard InChI is InChI=1S/C12H16N2O4/c13-6-7-14-11(15)5-8-18-10-3-1-9(2-4-10)12(16)17/h1-4H,5-8,13H2,(H,14,15)(H,16,17). The number of nitrogens with one attached hydrogen (secondary N) is 1. The minimum atomic E-state index is -0.984. The van der Waals surface area contributed by atoms with Gasteiger partial charge in [-0.3, -0.25) is 4.79 Å². The zero-order valence-corrected chi connectivity index (χ0v) is 9.89. The number of benzene rings is 1. The normalized spacial score (nSPS) is 9.83. The average Bonchev–Trinajstić information content (AvgIpc) is 2.37. The van der Waals surface area contributed by atoms with Gasteiger partial charge in [-0.1, -0.05) is 0 Å². The van der Waals surface area contributed by atoms with E-state index in [1.54, 1.807) is 12.1 Å². The van der Waals surface area contributed by atoms with Gasteiger partial charge >= 0.3 is 5.97 Å². The summed E-state index contributed by atoms with van der Waals surface area (Å²) >= 11 is 0. The van der Waals surface area contributed by atoms with Gasteiger partial charge in [-0.25, -0.2) is 4.79 Å². The molecule has 0 atom stereocenters. The van der Waals surface area contributed by atoms with Crippen molar-refractivity contribution in [3.8, 4) is 5.75 Å². The zero-order valence-electron chi connectivity index (χ0n) is 9.89. The molecule has 0 aromatic heterocycles. The number of hydrogen-bond donors (Lipinski definition) is 3. The number of carboxylic acid groups (broad SMARTS) is 1. The first-order valence-corrected chi connectivity index (χ1v) is 5.56. The average molecular weight is 252 g/mol. The molecule has 0 aliphatic rings. The summed E-state index contributed by atoms with van der Waals surface area (Å²) in [7, 11) is 0. The molecule has 0 saturated heterocycles. The topological polar surface area (TPSA) is 102 Å². The summed E-state index contributed by atoms with van der Waals surface area (Å²) in [5.74, 6) is -0.572. The van der Waals surface area contributed by atoms with E-state index < -0.39 is 5.97 Å². The second-order valence-corrected chi connectivity index (χ2v) is 3.57. The van der Waals surface area contributed by atoms with Crippen LogP contribution < -0.4 is 15.8 Å². The highest BCUT2D eigenvalue weighted by atomic mass is 16.5. The van der Waals surface area contributed by atoms with Crippen LogP contribution in [0.4, 0.5) is 0 Å². The van der Waals surface area contributed by atoms with Crippen LogP contribution >= 0.6 is 0 Å². The Morgan fingerprint density at radius 1 is 1.28 bits per heavy atom. The molecule has 1 amide bonds. The van der Waals surface area contributed by atoms with Crippen molar-refractivity contribution >= 4 is 11.9 Å². The Labute approximate surface area is 105 Å². The monoisotopic (exact) mass is 252 g/mol. The second kappa shape index (κ2) is 7.29. The third-order valence-corrected chi connectivity index (χ3v) is 2.17. The van der Waals surface area contributed by atoms with Crippen molar-refractivity contribution in [2.45, 2.75) is 6.42 Å². The number of rotatable bonds is 7. The van der Waals surface area contributed by atoms with E-state index in [0.717, 1.165) is 0 Å². The molecule has 98 valence electrons. The highest BCUT2D eigenvalue weighted by Gasteiger charge is 2.03. The molecule has 18 heavy (non-hydrogen) atoms. The molecule has 0 spiro atoms. The first kappa shape index (κ1) is 14.0. The van der Waals surface area contributed by atoms with Crippen molar-refractivity contribution in [1.82, 2.24) is 5.32 Å². The van der Waals surface area contributed by atoms with Crippen LogP contribution in [-0.2, 0) is 4.79 Å². The second-order valence-electron chi connectivity index (χ2n) is 3.57. The van der Waals surface area contributed by atoms with Crippen LogP contribution in [0.3, 0.4) is 0 Å². The van der Waals surface area contributed by atoms with Crippen LogP contribution in [0.5, 0.6) is 5.75 Å². The maximum atomic E-state index is 11.2. The maximum Gasteiger partial charge on any atom is 0.335 e. The predicted octanol–water partition coefficient (Wildman–Crippen LogP) is 0.229. The quantitative estimate of drug-likeness (QED) is 0.644. The molecule has 0 heterocycles. The molecule has 0 fully saturated rings. The molecule has 1 rings (SSSR count). The van der Waals surface area contributed by atoms with Crippen molar-refractivity contribution in [2.24, 2.45) is 5.73 Å². The van der Waals surface area contributed by atoms with Crippen molar-refractivity contribution in [1.29, 1.82) is 0 Å². The Bertz CT molecular complexity index is 403. The third kappa shape index (κ3) is 4.84. The van der Waals surface area contributed by atoms with Gasteiger partial charge in [-0.2, -0.15) is 0 Å². The minimum absolute atomic E-state index is 0.123. The number of aromatic carboxylic acids is 1. The molecular weight excluding hydrogens is 236 g/mol. The lowest BCUT2D eigenvalue weighted by atomic mass is 10.2. The molecular formula is C12H16N2O4. The maximum absolute atomic E-state index is 11.2. The van der Waals surface area contributed by atoms with Gasteiger partial charge in [0.2, 0.25) is 5.91 Å². The van der Waals surface area contributed by atoms with Crippen LogP contribution in [0.2, 0.25) is 0 Å². The fourth-order valence-electron chi connectivity index (χ4n) is 1.26. The molecule has 0 unspecified atom stereocenters. The molecule has 1 aromatic rings. The van der Waals surface area contributed by atoms with Crippen molar-refractivity contribution < 1.29 is 19.4 Å². The summed E-state index contributed by atoms with van der Waals surface area (Å²) in [4.78, 5) is 21.8. The van der Waals surface area contributed by atoms with E-state index in [1.165, 1.54) is 12.1 Å². The number of carbonyl (C=O) groups is 2. The number of carbonyl (C=O) groups excluding carboxylic acids is 1. The highest BCUT2D eigenvalue weighted by Crippen LogP contribution is 2.12. The van der Waals surface area contributed by atoms with Crippen LogP contribution in [0, 0.1) is 0 Å². The first-order chi connectivity index (χ1) is 8.63. The lowest BCUT2D eigenvalue weighted by Crippen LogP contribution is -2.29. The van der Waals surface area contributed by atoms with E-state index in [4.69, 9.17) is 15.6 Å². The van der Waals surface area contributed by atoms with Crippen molar-refractivity contribution in [3.05, 3.63) is 29.8 Å². The molecule has 1 aromatic carbocycles. The molecule has 4 N–H and O–H groups in total. The molecule has 0 bridgehead atoms. The number of hydrogen-bond acceptors (Lipinski definition) is 4. The summed E-state index contributed by atoms with van der Waals surface area (Å²) in [5.41, 5.74) is 5.44. The Hall–Kier alpha value is -2.08. The molecule has 6 nitrogen and oxygen atoms in total. The van der Waals surface area contributed by atoms with Crippen LogP contribution in [0.15, 0.2) is 24.3 Å². The van der Waals surface area contributed by atoms with Crippen molar-refractivity contribution in [2.75, 3.05) is 19.7 Å². The van der Waals surface area contributed by atoms with Gasteiger partial charge in [-0.05, 0) is 24.3 Å². The Kier molecular flexibility index (Phi) is 5.66. The molecule has 0 saturated carbocycles. The third-order valence-electron chi connectivity index (χ3n) is 2.17. The molecule has 0 aliphatic heterocycles. The minimum Gasteiger partial charge on any atom is -0.493 e. The first-order valence-electron chi connectivity index (χ1n) is 5.56. The van der Waals surface area contributed by atoms with E-state index >= 15 is 0 Å². The molecule has 0 aliphatic carbocycles. The highest BCUT2D eigenvalue weighted by molar-refractivity contribution is 5.87. The van der Waals surface area contributed by atoms with Crippen LogP contribution in [-0.4, -0.2) is 36.7 Å². The molecule has 6 heteroatoms. The van der Waals surface area contributed by atoms with Gasteiger partial charge in [0.1, 0.15) is 5.75 Å². The lowest BCUT2D eigenvalue weighted by molar-refractivity contribution is -0.121. The fraction of sp³-hybridized carbons (Fsp3) is 0.333. The van der Waals surface area contributed by atoms with Gasteiger partial charge in [0.15, 0.2) is 0 Å². The van der Waals surface area contributed by atoms with Crippen LogP contribution in [0.25, 0.3) is 0 Å². The lowest BCUT2D eigenvalue weighted by Gasteiger charge is -2.06. The van der Waals surface area contributed by atoms with E-state index in [2.05, 4.69) is 5.32 Å². The van der Waals surface area contributed by atoms with Gasteiger partial charge in [0.25, 0.3) is 0 Å². The number of ether oxygens (including phenoxy) is 1. The zero-order chi connectivity index (χ0) is 13.4. The predicted molar refractivity (Wildman–Crippen MR) is 65.6 cm³/mol. The Balaban J connectivity index is 2.31. The van der Waals surface area contributed by atoms with Gasteiger partial charge in [0.05, 0.1) is 18.6 Å². The van der Waals surface area contributed by atoms with E-state index in [9.17, 15) is 9.59 Å². The summed E-state index contributed by atoms with van der Waals surface area (Å²) in [5, 5.41) is 11.3. The summed E-state index contributed by atoms with van der Waals surface area (Å²) in [6.07, 6.45) is 0.237. The number of amides is 1. The van der Waals surface area contributed by atoms with Gasteiger partial charge < -0.3 is 20.9 Å². The van der Waals surface area contributed by atoms with E-state index in [0.29, 0.717) is 18.8 Å². The summed E-state index contributed by atoms with van der Waals surface area (Å²) in [6, 6.07) is 6.01. The fourth-order valence-corrected chi connectivity index (χ4v) is 1.26. The largest absolute Gasteiger partial charge is 0.493 e. The smallest absolute Gasteiger partial charge is 0.335 e. The van der Waals surface area contributed by atoms with Crippen molar-refractivity contribution in [3.63, 3.8) is 0 Å².